The van der Waals surface area contributed by atoms with Gasteiger partial charge in [0.15, 0.2) is 0 Å². The predicted octanol–water partition coefficient (Wildman–Crippen LogP) is 4.25. The zero-order valence-electron chi connectivity index (χ0n) is 14.6. The summed E-state index contributed by atoms with van der Waals surface area (Å²) in [5, 5.41) is 7.16. The first-order chi connectivity index (χ1) is 12.1. The van der Waals surface area contributed by atoms with E-state index in [4.69, 9.17) is 4.52 Å². The monoisotopic (exact) mass is 333 g/mol. The summed E-state index contributed by atoms with van der Waals surface area (Å²) in [7, 11) is 1.85. The van der Waals surface area contributed by atoms with Crippen LogP contribution in [0.25, 0.3) is 33.3 Å². The summed E-state index contributed by atoms with van der Waals surface area (Å²) in [5.74, 6) is 1.53. The van der Waals surface area contributed by atoms with E-state index in [0.717, 1.165) is 56.3 Å². The zero-order chi connectivity index (χ0) is 17.6. The van der Waals surface area contributed by atoms with Gasteiger partial charge in [0.2, 0.25) is 5.95 Å². The first-order valence-electron chi connectivity index (χ1n) is 8.14. The third-order valence-electron chi connectivity index (χ3n) is 4.47. The van der Waals surface area contributed by atoms with Crippen molar-refractivity contribution in [2.24, 2.45) is 0 Å². The third kappa shape index (κ3) is 2.46. The average Bonchev–Trinajstić information content (AvgIpc) is 3.17. The molecule has 3 heterocycles. The van der Waals surface area contributed by atoms with E-state index in [1.165, 1.54) is 0 Å². The minimum absolute atomic E-state index is 0.730. The second kappa shape index (κ2) is 5.73. The van der Waals surface area contributed by atoms with Crippen molar-refractivity contribution < 1.29 is 4.52 Å². The fourth-order valence-corrected chi connectivity index (χ4v) is 3.23. The number of rotatable bonds is 3. The Bertz CT molecular complexity index is 1060. The Morgan fingerprint density at radius 2 is 1.96 bits per heavy atom. The summed E-state index contributed by atoms with van der Waals surface area (Å²) in [6.45, 7) is 5.97. The fraction of sp³-hybridized carbons (Fsp3) is 0.211. The summed E-state index contributed by atoms with van der Waals surface area (Å²) in [5.41, 5.74) is 8.07. The molecule has 0 fully saturated rings. The molecule has 126 valence electrons. The lowest BCUT2D eigenvalue weighted by Crippen LogP contribution is -1.90. The van der Waals surface area contributed by atoms with Gasteiger partial charge in [0.25, 0.3) is 0 Å². The second-order valence-corrected chi connectivity index (χ2v) is 6.15. The number of anilines is 1. The maximum atomic E-state index is 5.36. The van der Waals surface area contributed by atoms with E-state index >= 15 is 0 Å². The van der Waals surface area contributed by atoms with Gasteiger partial charge in [-0.05, 0) is 50.1 Å². The summed E-state index contributed by atoms with van der Waals surface area (Å²) >= 11 is 0. The van der Waals surface area contributed by atoms with Crippen LogP contribution in [0, 0.1) is 20.8 Å². The Morgan fingerprint density at radius 3 is 2.64 bits per heavy atom. The number of hydrogen-bond donors (Lipinski definition) is 2. The summed E-state index contributed by atoms with van der Waals surface area (Å²) in [6, 6.07) is 6.24. The van der Waals surface area contributed by atoms with Gasteiger partial charge in [-0.3, -0.25) is 4.98 Å². The third-order valence-corrected chi connectivity index (χ3v) is 4.47. The van der Waals surface area contributed by atoms with Crippen LogP contribution in [0.3, 0.4) is 0 Å². The van der Waals surface area contributed by atoms with Crippen molar-refractivity contribution in [2.75, 3.05) is 12.4 Å². The second-order valence-electron chi connectivity index (χ2n) is 6.15. The van der Waals surface area contributed by atoms with Crippen molar-refractivity contribution >= 4 is 17.0 Å². The number of nitrogens with one attached hydrogen (secondary N) is 2. The van der Waals surface area contributed by atoms with Crippen molar-refractivity contribution in [1.29, 1.82) is 0 Å². The lowest BCUT2D eigenvalue weighted by molar-refractivity contribution is 0.393. The van der Waals surface area contributed by atoms with Gasteiger partial charge in [-0.15, -0.1) is 0 Å². The average molecular weight is 333 g/mol. The molecule has 0 radical (unpaired) electrons. The largest absolute Gasteiger partial charge is 0.361 e. The van der Waals surface area contributed by atoms with E-state index in [2.05, 4.69) is 44.5 Å². The molecule has 0 spiro atoms. The summed E-state index contributed by atoms with van der Waals surface area (Å²) in [6.07, 6.45) is 3.69. The number of nitrogens with zero attached hydrogens (tertiary/aromatic N) is 3. The van der Waals surface area contributed by atoms with Crippen LogP contribution in [-0.2, 0) is 0 Å². The molecule has 0 aliphatic rings. The number of fused-ring (bicyclic) bond motifs is 1. The van der Waals surface area contributed by atoms with Crippen LogP contribution in [0.4, 0.5) is 5.95 Å². The van der Waals surface area contributed by atoms with Gasteiger partial charge in [-0.25, -0.2) is 4.98 Å². The van der Waals surface area contributed by atoms with Crippen molar-refractivity contribution in [3.05, 3.63) is 47.6 Å². The molecule has 0 aliphatic heterocycles. The number of pyridine rings is 1. The Hall–Kier alpha value is -3.15. The van der Waals surface area contributed by atoms with Crippen molar-refractivity contribution in [3.63, 3.8) is 0 Å². The van der Waals surface area contributed by atoms with Crippen molar-refractivity contribution in [2.45, 2.75) is 20.8 Å². The molecule has 0 aliphatic carbocycles. The number of hydrogen-bond acceptors (Lipinski definition) is 5. The molecule has 1 aromatic carbocycles. The summed E-state index contributed by atoms with van der Waals surface area (Å²) in [4.78, 5) is 12.3. The van der Waals surface area contributed by atoms with Gasteiger partial charge in [0.05, 0.1) is 16.7 Å². The molecule has 0 amide bonds. The van der Waals surface area contributed by atoms with E-state index < -0.39 is 0 Å². The Kier molecular flexibility index (Phi) is 3.53. The number of H-pyrrole nitrogens is 1. The van der Waals surface area contributed by atoms with Crippen LogP contribution in [0.5, 0.6) is 0 Å². The highest BCUT2D eigenvalue weighted by atomic mass is 16.5. The number of aromatic nitrogens is 4. The Balaban J connectivity index is 2.06. The molecule has 0 saturated heterocycles. The lowest BCUT2D eigenvalue weighted by atomic mass is 9.95. The van der Waals surface area contributed by atoms with Gasteiger partial charge in [-0.2, -0.15) is 0 Å². The topological polar surface area (TPSA) is 79.6 Å². The van der Waals surface area contributed by atoms with Crippen LogP contribution in [0.1, 0.15) is 17.0 Å². The molecule has 0 unspecified atom stereocenters. The number of imidazole rings is 1. The van der Waals surface area contributed by atoms with E-state index in [1.54, 1.807) is 6.20 Å². The van der Waals surface area contributed by atoms with Gasteiger partial charge in [-0.1, -0.05) is 5.16 Å². The highest BCUT2D eigenvalue weighted by molar-refractivity contribution is 5.97. The Labute approximate surface area is 145 Å². The number of aryl methyl sites for hydroxylation is 3. The first-order valence-corrected chi connectivity index (χ1v) is 8.14. The van der Waals surface area contributed by atoms with Gasteiger partial charge < -0.3 is 14.8 Å². The molecule has 6 heteroatoms. The van der Waals surface area contributed by atoms with Crippen molar-refractivity contribution in [1.82, 2.24) is 20.1 Å². The minimum Gasteiger partial charge on any atom is -0.361 e. The molecule has 4 aromatic rings. The molecule has 0 bridgehead atoms. The normalized spacial score (nSPS) is 11.2. The van der Waals surface area contributed by atoms with Crippen molar-refractivity contribution in [3.8, 4) is 22.3 Å². The molecular weight excluding hydrogens is 314 g/mol. The quantitative estimate of drug-likeness (QED) is 0.586. The van der Waals surface area contributed by atoms with E-state index in [1.807, 2.05) is 33.2 Å². The van der Waals surface area contributed by atoms with Gasteiger partial charge in [0.1, 0.15) is 5.76 Å². The van der Waals surface area contributed by atoms with Crippen LogP contribution < -0.4 is 5.32 Å². The highest BCUT2D eigenvalue weighted by Crippen LogP contribution is 2.36. The fourth-order valence-electron chi connectivity index (χ4n) is 3.23. The molecule has 2 N–H and O–H groups in total. The van der Waals surface area contributed by atoms with E-state index in [0.29, 0.717) is 0 Å². The van der Waals surface area contributed by atoms with Gasteiger partial charge >= 0.3 is 0 Å². The SMILES string of the molecule is CNc1nc2c(-c3cnccc3C)cc(-c3c(C)noc3C)cc2[nH]1. The van der Waals surface area contributed by atoms with E-state index in [-0.39, 0.29) is 0 Å². The molecular formula is C19H19N5O. The number of benzene rings is 1. The maximum Gasteiger partial charge on any atom is 0.200 e. The molecule has 25 heavy (non-hydrogen) atoms. The standard InChI is InChI=1S/C19H19N5O/c1-10-5-6-21-9-15(10)14-7-13(17-11(2)24-25-12(17)3)8-16-18(14)23-19(20-4)22-16/h5-9H,1-4H3,(H2,20,22,23). The predicted molar refractivity (Wildman–Crippen MR) is 98.6 cm³/mol. The minimum atomic E-state index is 0.730. The highest BCUT2D eigenvalue weighted by Gasteiger charge is 2.17. The van der Waals surface area contributed by atoms with Crippen LogP contribution in [0.15, 0.2) is 35.1 Å². The Morgan fingerprint density at radius 1 is 1.12 bits per heavy atom. The lowest BCUT2D eigenvalue weighted by Gasteiger charge is -2.09. The molecule has 4 rings (SSSR count). The van der Waals surface area contributed by atoms with Crippen LogP contribution >= 0.6 is 0 Å². The zero-order valence-corrected chi connectivity index (χ0v) is 14.6. The molecule has 3 aromatic heterocycles. The molecule has 6 nitrogen and oxygen atoms in total. The van der Waals surface area contributed by atoms with E-state index in [9.17, 15) is 0 Å². The van der Waals surface area contributed by atoms with Crippen LogP contribution in [-0.4, -0.2) is 27.2 Å². The van der Waals surface area contributed by atoms with Crippen LogP contribution in [0.2, 0.25) is 0 Å². The number of aromatic amines is 1. The van der Waals surface area contributed by atoms with Gasteiger partial charge in [0, 0.05) is 36.1 Å². The first kappa shape index (κ1) is 15.4. The summed E-state index contributed by atoms with van der Waals surface area (Å²) < 4.78 is 5.36. The molecule has 0 saturated carbocycles. The molecule has 0 atom stereocenters. The smallest absolute Gasteiger partial charge is 0.200 e. The maximum absolute atomic E-state index is 5.36.